The van der Waals surface area contributed by atoms with Gasteiger partial charge in [0.05, 0.1) is 18.3 Å². The van der Waals surface area contributed by atoms with Crippen LogP contribution < -0.4 is 0 Å². The van der Waals surface area contributed by atoms with E-state index in [0.717, 1.165) is 86.4 Å². The van der Waals surface area contributed by atoms with E-state index in [1.165, 1.54) is 70.6 Å². The van der Waals surface area contributed by atoms with Crippen molar-refractivity contribution in [3.05, 3.63) is 25.3 Å². The first kappa shape index (κ1) is 46.2. The number of allylic oxidation sites excluding steroid dienone is 2. The lowest BCUT2D eigenvalue weighted by atomic mass is 9.41. The highest BCUT2D eigenvalue weighted by Crippen LogP contribution is 2.71. The minimum absolute atomic E-state index is 0. The SMILES string of the molecule is C=CC[C@@H](C)[C@H]1CC[C@H]2[C@@H]3[C@H](O)[C@H](CC)[C@@H]4C[C@H](C)CC[C@]4(C)[C@H]3CC[C@]12C.C=CC[C@@H](C)[C@H]1CC[C@H]2[C@@H]3[C@H](O)[C@H](CC)[C@@H]4C[C@H](O)CC[C@]4(C)[C@H]3CC[C@]12C.Cl. The summed E-state index contributed by atoms with van der Waals surface area (Å²) in [6.07, 6.45) is 26.3. The second kappa shape index (κ2) is 17.4. The van der Waals surface area contributed by atoms with E-state index in [-0.39, 0.29) is 30.7 Å². The Bertz CT molecular complexity index is 1280. The van der Waals surface area contributed by atoms with Gasteiger partial charge in [0.2, 0.25) is 0 Å². The van der Waals surface area contributed by atoms with Crippen LogP contribution in [0.4, 0.5) is 0 Å². The summed E-state index contributed by atoms with van der Waals surface area (Å²) < 4.78 is 0. The van der Waals surface area contributed by atoms with Crippen molar-refractivity contribution in [3.63, 3.8) is 0 Å². The Morgan fingerprint density at radius 2 is 0.930 bits per heavy atom. The summed E-state index contributed by atoms with van der Waals surface area (Å²) in [4.78, 5) is 0. The third-order valence-electron chi connectivity index (χ3n) is 21.7. The summed E-state index contributed by atoms with van der Waals surface area (Å²) in [7, 11) is 0. The summed E-state index contributed by atoms with van der Waals surface area (Å²) in [5.74, 6) is 9.90. The zero-order valence-corrected chi connectivity index (χ0v) is 39.3. The average molecular weight is 812 g/mol. The molecule has 8 aliphatic rings. The molecule has 0 bridgehead atoms. The standard InChI is InChI=1S/C27H46O.C26H44O2.ClH/c1-7-9-18(4)20-10-11-21-24-22(13-15-26(20,21)5)27(6)14-12-17(3)16-23(27)19(8-2)25(24)28;1-6-8-16(3)19-9-10-20-23-21(12-14-25(19,20)4)26(5)13-11-17(27)15-22(26)18(7-2)24(23)28;/h7,17-25,28H,1,8-16H2,2-6H3;6,16-24,27-28H,1,7-15H2,2-5H3;1H/t17-,18-,19-,20-,21+,22+,23+,24+,25-,26-,27-;16-,17-,18-,19-,20+,21+,22+,23+,24-,25-,26-;/m11./s1. The fourth-order valence-corrected chi connectivity index (χ4v) is 18.9. The summed E-state index contributed by atoms with van der Waals surface area (Å²) in [5, 5.41) is 33.9. The topological polar surface area (TPSA) is 60.7 Å². The van der Waals surface area contributed by atoms with Crippen LogP contribution >= 0.6 is 12.4 Å². The molecule has 8 rings (SSSR count). The van der Waals surface area contributed by atoms with Gasteiger partial charge in [0.15, 0.2) is 0 Å². The van der Waals surface area contributed by atoms with Gasteiger partial charge in [0.25, 0.3) is 0 Å². The normalized spacial score (nSPS) is 53.4. The molecule has 57 heavy (non-hydrogen) atoms. The molecule has 0 aromatic carbocycles. The Labute approximate surface area is 358 Å². The van der Waals surface area contributed by atoms with Crippen molar-refractivity contribution in [1.82, 2.24) is 0 Å². The van der Waals surface area contributed by atoms with Gasteiger partial charge in [-0.05, 0) is 207 Å². The minimum Gasteiger partial charge on any atom is -0.393 e. The minimum atomic E-state index is -0.170. The van der Waals surface area contributed by atoms with Gasteiger partial charge >= 0.3 is 0 Å². The van der Waals surface area contributed by atoms with Crippen LogP contribution in [0.25, 0.3) is 0 Å². The predicted octanol–water partition coefficient (Wildman–Crippen LogP) is 13.3. The maximum absolute atomic E-state index is 11.8. The quantitative estimate of drug-likeness (QED) is 0.214. The second-order valence-corrected chi connectivity index (χ2v) is 23.7. The summed E-state index contributed by atoms with van der Waals surface area (Å²) in [5.41, 5.74) is 1.62. The van der Waals surface area contributed by atoms with Crippen LogP contribution in [0.3, 0.4) is 0 Å². The van der Waals surface area contributed by atoms with Crippen LogP contribution in [0, 0.1) is 110 Å². The Balaban J connectivity index is 0.000000189. The molecular formula is C53H91ClO3. The Kier molecular flexibility index (Phi) is 14.1. The van der Waals surface area contributed by atoms with Gasteiger partial charge in [-0.2, -0.15) is 0 Å². The fourth-order valence-electron chi connectivity index (χ4n) is 18.9. The van der Waals surface area contributed by atoms with Crippen LogP contribution in [0.1, 0.15) is 178 Å². The Morgan fingerprint density at radius 3 is 1.35 bits per heavy atom. The maximum atomic E-state index is 11.8. The molecule has 0 heterocycles. The first-order chi connectivity index (χ1) is 26.5. The molecule has 0 radical (unpaired) electrons. The van der Waals surface area contributed by atoms with Crippen LogP contribution in [0.2, 0.25) is 0 Å². The van der Waals surface area contributed by atoms with E-state index in [9.17, 15) is 15.3 Å². The Morgan fingerprint density at radius 1 is 0.544 bits per heavy atom. The highest BCUT2D eigenvalue weighted by molar-refractivity contribution is 5.85. The third-order valence-corrected chi connectivity index (χ3v) is 21.7. The summed E-state index contributed by atoms with van der Waals surface area (Å²) >= 11 is 0. The van der Waals surface area contributed by atoms with Gasteiger partial charge in [0.1, 0.15) is 0 Å². The molecule has 0 saturated heterocycles. The third kappa shape index (κ3) is 7.35. The molecule has 0 amide bonds. The second-order valence-electron chi connectivity index (χ2n) is 23.7. The molecule has 8 aliphatic carbocycles. The lowest BCUT2D eigenvalue weighted by molar-refractivity contribution is -0.203. The number of rotatable bonds is 8. The number of fused-ring (bicyclic) bond motifs is 10. The maximum Gasteiger partial charge on any atom is 0.0605 e. The van der Waals surface area contributed by atoms with Crippen molar-refractivity contribution in [1.29, 1.82) is 0 Å². The van der Waals surface area contributed by atoms with E-state index in [1.807, 2.05) is 0 Å². The first-order valence-electron chi connectivity index (χ1n) is 24.8. The molecule has 8 saturated carbocycles. The molecule has 8 fully saturated rings. The monoisotopic (exact) mass is 811 g/mol. The molecule has 0 spiro atoms. The van der Waals surface area contributed by atoms with Gasteiger partial charge in [-0.1, -0.05) is 93.7 Å². The van der Waals surface area contributed by atoms with Crippen molar-refractivity contribution < 1.29 is 15.3 Å². The predicted molar refractivity (Wildman–Crippen MR) is 242 cm³/mol. The summed E-state index contributed by atoms with van der Waals surface area (Å²) in [6, 6.07) is 0. The number of aliphatic hydroxyl groups excluding tert-OH is 3. The molecule has 4 heteroatoms. The lowest BCUT2D eigenvalue weighted by Gasteiger charge is -2.65. The van der Waals surface area contributed by atoms with E-state index < -0.39 is 0 Å². The van der Waals surface area contributed by atoms with Crippen molar-refractivity contribution in [3.8, 4) is 0 Å². The van der Waals surface area contributed by atoms with E-state index in [0.29, 0.717) is 69.0 Å². The van der Waals surface area contributed by atoms with E-state index in [4.69, 9.17) is 0 Å². The fraction of sp³-hybridized carbons (Fsp3) is 0.925. The molecule has 0 aromatic heterocycles. The highest BCUT2D eigenvalue weighted by Gasteiger charge is 2.66. The lowest BCUT2D eigenvalue weighted by Crippen LogP contribution is -2.62. The van der Waals surface area contributed by atoms with E-state index in [2.05, 4.69) is 87.6 Å². The highest BCUT2D eigenvalue weighted by atomic mass is 35.5. The molecule has 22 atom stereocenters. The molecule has 0 aliphatic heterocycles. The molecule has 0 aromatic rings. The molecule has 0 unspecified atom stereocenters. The molecular weight excluding hydrogens is 720 g/mol. The molecule has 3 N–H and O–H groups in total. The van der Waals surface area contributed by atoms with Gasteiger partial charge < -0.3 is 15.3 Å². The average Bonchev–Trinajstić information content (AvgIpc) is 3.71. The molecule has 3 nitrogen and oxygen atoms in total. The van der Waals surface area contributed by atoms with E-state index in [1.54, 1.807) is 0 Å². The molecule has 328 valence electrons. The van der Waals surface area contributed by atoms with Crippen LogP contribution in [0.5, 0.6) is 0 Å². The number of hydrogen-bond acceptors (Lipinski definition) is 3. The van der Waals surface area contributed by atoms with Crippen LogP contribution in [0.15, 0.2) is 25.3 Å². The number of aliphatic hydroxyl groups is 3. The van der Waals surface area contributed by atoms with Crippen LogP contribution in [-0.4, -0.2) is 33.6 Å². The summed E-state index contributed by atoms with van der Waals surface area (Å²) in [6.45, 7) is 30.3. The first-order valence-corrected chi connectivity index (χ1v) is 24.8. The number of halogens is 1. The van der Waals surface area contributed by atoms with Gasteiger partial charge in [-0.25, -0.2) is 0 Å². The van der Waals surface area contributed by atoms with Gasteiger partial charge in [-0.15, -0.1) is 25.6 Å². The largest absolute Gasteiger partial charge is 0.393 e. The van der Waals surface area contributed by atoms with Crippen molar-refractivity contribution in [2.24, 2.45) is 110 Å². The van der Waals surface area contributed by atoms with E-state index >= 15 is 0 Å². The zero-order valence-electron chi connectivity index (χ0n) is 38.4. The van der Waals surface area contributed by atoms with Crippen molar-refractivity contribution in [2.75, 3.05) is 0 Å². The number of hydrogen-bond donors (Lipinski definition) is 3. The van der Waals surface area contributed by atoms with Crippen molar-refractivity contribution in [2.45, 2.75) is 196 Å². The Hall–Kier alpha value is -0.350. The smallest absolute Gasteiger partial charge is 0.0605 e. The van der Waals surface area contributed by atoms with Crippen LogP contribution in [-0.2, 0) is 0 Å². The van der Waals surface area contributed by atoms with Crippen molar-refractivity contribution >= 4 is 12.4 Å². The van der Waals surface area contributed by atoms with Gasteiger partial charge in [0, 0.05) is 0 Å². The van der Waals surface area contributed by atoms with Gasteiger partial charge in [-0.3, -0.25) is 0 Å². The zero-order chi connectivity index (χ0) is 40.5.